The molecule has 3 fully saturated rings. The first-order valence-corrected chi connectivity index (χ1v) is 9.71. The van der Waals surface area contributed by atoms with Crippen LogP contribution in [-0.2, 0) is 9.47 Å². The summed E-state index contributed by atoms with van der Waals surface area (Å²) in [5.41, 5.74) is -3.28. The van der Waals surface area contributed by atoms with Gasteiger partial charge in [0, 0.05) is 6.42 Å². The molecule has 2 aliphatic heterocycles. The molecule has 1 N–H and O–H groups in total. The first-order valence-electron chi connectivity index (χ1n) is 9.71. The third kappa shape index (κ3) is 2.07. The van der Waals surface area contributed by atoms with Crippen molar-refractivity contribution in [1.82, 2.24) is 0 Å². The quantitative estimate of drug-likeness (QED) is 0.821. The van der Waals surface area contributed by atoms with Crippen molar-refractivity contribution in [2.45, 2.75) is 77.1 Å². The Bertz CT molecular complexity index is 697. The smallest absolute Gasteiger partial charge is 0.217 e. The number of hydrogen-bond donors (Lipinski definition) is 1. The van der Waals surface area contributed by atoms with Crippen LogP contribution in [0.1, 0.15) is 65.2 Å². The van der Waals surface area contributed by atoms with Crippen molar-refractivity contribution in [1.29, 1.82) is 21.2 Å². The number of rotatable bonds is 3. The van der Waals surface area contributed by atoms with Crippen LogP contribution in [-0.4, -0.2) is 17.8 Å². The maximum Gasteiger partial charge on any atom is 0.217 e. The second-order valence-corrected chi connectivity index (χ2v) is 7.81. The summed E-state index contributed by atoms with van der Waals surface area (Å²) in [6.07, 6.45) is 5.87. The van der Waals surface area contributed by atoms with Crippen LogP contribution in [0.2, 0.25) is 0 Å². The predicted octanol–water partition coefficient (Wildman–Crippen LogP) is 4.04. The average Bonchev–Trinajstić information content (AvgIpc) is 2.80. The molecule has 0 aromatic carbocycles. The van der Waals surface area contributed by atoms with Crippen LogP contribution in [0.15, 0.2) is 0 Å². The fourth-order valence-corrected chi connectivity index (χ4v) is 5.41. The van der Waals surface area contributed by atoms with Gasteiger partial charge in [0.15, 0.2) is 10.8 Å². The van der Waals surface area contributed by atoms with E-state index < -0.39 is 28.6 Å². The summed E-state index contributed by atoms with van der Waals surface area (Å²) in [5, 5.41) is 39.1. The third-order valence-corrected chi connectivity index (χ3v) is 6.84. The van der Waals surface area contributed by atoms with E-state index >= 15 is 0 Å². The van der Waals surface area contributed by atoms with Crippen molar-refractivity contribution < 1.29 is 9.47 Å². The van der Waals surface area contributed by atoms with E-state index in [1.807, 2.05) is 13.8 Å². The molecule has 0 spiro atoms. The highest BCUT2D eigenvalue weighted by atomic mass is 16.7. The molecule has 2 heterocycles. The lowest BCUT2D eigenvalue weighted by Crippen LogP contribution is -2.64. The van der Waals surface area contributed by atoms with E-state index in [0.29, 0.717) is 12.8 Å². The van der Waals surface area contributed by atoms with Crippen molar-refractivity contribution in [3.05, 3.63) is 0 Å². The lowest BCUT2D eigenvalue weighted by Gasteiger charge is -2.52. The van der Waals surface area contributed by atoms with Crippen LogP contribution in [0, 0.1) is 62.1 Å². The maximum atomic E-state index is 10.3. The van der Waals surface area contributed by atoms with Crippen LogP contribution < -0.4 is 0 Å². The van der Waals surface area contributed by atoms with Gasteiger partial charge in [-0.3, -0.25) is 5.41 Å². The van der Waals surface area contributed by atoms with Gasteiger partial charge in [-0.05, 0) is 18.8 Å². The van der Waals surface area contributed by atoms with Crippen LogP contribution in [0.4, 0.5) is 0 Å². The number of nitrogens with zero attached hydrogens (tertiary/aromatic N) is 3. The fourth-order valence-electron chi connectivity index (χ4n) is 5.41. The monoisotopic (exact) mass is 354 g/mol. The van der Waals surface area contributed by atoms with Gasteiger partial charge < -0.3 is 9.47 Å². The summed E-state index contributed by atoms with van der Waals surface area (Å²) in [6.45, 7) is 4.01. The van der Waals surface area contributed by atoms with Gasteiger partial charge in [-0.2, -0.15) is 15.8 Å². The van der Waals surface area contributed by atoms with E-state index in [1.54, 1.807) is 0 Å². The van der Waals surface area contributed by atoms with Gasteiger partial charge >= 0.3 is 0 Å². The molecule has 0 aromatic rings. The molecule has 0 amide bonds. The number of nitriles is 3. The molecule has 2 bridgehead atoms. The molecule has 138 valence electrons. The van der Waals surface area contributed by atoms with Crippen molar-refractivity contribution in [3.63, 3.8) is 0 Å². The van der Waals surface area contributed by atoms with Gasteiger partial charge in [-0.15, -0.1) is 0 Å². The Kier molecular flexibility index (Phi) is 4.72. The largest absolute Gasteiger partial charge is 0.447 e. The fraction of sp³-hybridized carbons (Fsp3) is 0.800. The molecule has 1 saturated carbocycles. The first kappa shape index (κ1) is 18.7. The summed E-state index contributed by atoms with van der Waals surface area (Å²) < 4.78 is 12.5. The third-order valence-electron chi connectivity index (χ3n) is 6.84. The minimum atomic E-state index is -1.72. The summed E-state index contributed by atoms with van der Waals surface area (Å²) in [7, 11) is 0. The van der Waals surface area contributed by atoms with E-state index in [2.05, 4.69) is 18.2 Å². The van der Waals surface area contributed by atoms with Crippen LogP contribution >= 0.6 is 0 Å². The molecule has 0 aromatic heterocycles. The van der Waals surface area contributed by atoms with Crippen LogP contribution in [0.3, 0.4) is 0 Å². The van der Waals surface area contributed by atoms with Gasteiger partial charge in [-0.25, -0.2) is 0 Å². The summed E-state index contributed by atoms with van der Waals surface area (Å²) in [6, 6.07) is 6.56. The number of hydrogen-bond acceptors (Lipinski definition) is 6. The molecule has 6 nitrogen and oxygen atoms in total. The summed E-state index contributed by atoms with van der Waals surface area (Å²) >= 11 is 0. The predicted molar refractivity (Wildman–Crippen MR) is 93.4 cm³/mol. The Balaban J connectivity index is 2.26. The minimum Gasteiger partial charge on any atom is -0.447 e. The van der Waals surface area contributed by atoms with E-state index in [1.165, 1.54) is 0 Å². The SMILES string of the molecule is CCC(CC)C1OC23CCCCCCC2C(C#N)(C(=N)O3)C1(C#N)C#N. The Morgan fingerprint density at radius 3 is 2.31 bits per heavy atom. The molecule has 0 radical (unpaired) electrons. The van der Waals surface area contributed by atoms with Crippen molar-refractivity contribution in [3.8, 4) is 18.2 Å². The van der Waals surface area contributed by atoms with Gasteiger partial charge in [0.05, 0.1) is 30.2 Å². The van der Waals surface area contributed by atoms with Crippen molar-refractivity contribution >= 4 is 5.90 Å². The normalized spacial score (nSPS) is 38.1. The van der Waals surface area contributed by atoms with Gasteiger partial charge in [-0.1, -0.05) is 46.0 Å². The molecule has 3 aliphatic rings. The molecule has 2 saturated heterocycles. The van der Waals surface area contributed by atoms with Crippen LogP contribution in [0.5, 0.6) is 0 Å². The molecular formula is C20H26N4O2. The molecule has 6 heteroatoms. The molecule has 4 unspecified atom stereocenters. The highest BCUT2D eigenvalue weighted by molar-refractivity contribution is 5.89. The second kappa shape index (κ2) is 6.57. The Labute approximate surface area is 155 Å². The Hall–Kier alpha value is -2.10. The highest BCUT2D eigenvalue weighted by Crippen LogP contribution is 2.66. The zero-order valence-corrected chi connectivity index (χ0v) is 15.5. The Morgan fingerprint density at radius 2 is 1.73 bits per heavy atom. The van der Waals surface area contributed by atoms with Gasteiger partial charge in [0.2, 0.25) is 11.7 Å². The molecule has 1 aliphatic carbocycles. The van der Waals surface area contributed by atoms with E-state index in [4.69, 9.17) is 14.9 Å². The minimum absolute atomic E-state index is 0.0419. The summed E-state index contributed by atoms with van der Waals surface area (Å²) in [4.78, 5) is 0. The lowest BCUT2D eigenvalue weighted by atomic mass is 9.51. The van der Waals surface area contributed by atoms with E-state index in [-0.39, 0.29) is 11.8 Å². The van der Waals surface area contributed by atoms with Gasteiger partial charge in [0.1, 0.15) is 0 Å². The lowest BCUT2D eigenvalue weighted by molar-refractivity contribution is -0.296. The maximum absolute atomic E-state index is 10.3. The first-order chi connectivity index (χ1) is 12.5. The molecule has 26 heavy (non-hydrogen) atoms. The van der Waals surface area contributed by atoms with Crippen molar-refractivity contribution in [2.75, 3.05) is 0 Å². The average molecular weight is 354 g/mol. The number of ether oxygens (including phenoxy) is 2. The standard InChI is InChI=1S/C20H26N4O2/c1-3-14(4-2)16-18(11-21,12-22)19(13-23)15-9-7-5-6-8-10-20(15,25-16)26-17(19)24/h14-16,24H,3-10H2,1-2H3. The molecule has 4 atom stereocenters. The van der Waals surface area contributed by atoms with E-state index in [9.17, 15) is 15.8 Å². The highest BCUT2D eigenvalue weighted by Gasteiger charge is 2.80. The van der Waals surface area contributed by atoms with Crippen molar-refractivity contribution in [2.24, 2.45) is 22.7 Å². The summed E-state index contributed by atoms with van der Waals surface area (Å²) in [5.74, 6) is -1.78. The zero-order chi connectivity index (χ0) is 19.0. The van der Waals surface area contributed by atoms with Crippen LogP contribution in [0.25, 0.3) is 0 Å². The topological polar surface area (TPSA) is 114 Å². The Morgan fingerprint density at radius 1 is 1.08 bits per heavy atom. The zero-order valence-electron chi connectivity index (χ0n) is 15.5. The molecule has 3 rings (SSSR count). The second-order valence-electron chi connectivity index (χ2n) is 7.81. The van der Waals surface area contributed by atoms with E-state index in [0.717, 1.165) is 38.5 Å². The number of nitrogens with one attached hydrogen (secondary N) is 1. The van der Waals surface area contributed by atoms with Gasteiger partial charge in [0.25, 0.3) is 0 Å². The molecular weight excluding hydrogens is 328 g/mol.